The molecule has 1 aromatic carbocycles. The Kier molecular flexibility index (Phi) is 2.72. The van der Waals surface area contributed by atoms with Gasteiger partial charge >= 0.3 is 11.9 Å². The Balaban J connectivity index is 2.42. The summed E-state index contributed by atoms with van der Waals surface area (Å²) in [6.07, 6.45) is 2.16. The quantitative estimate of drug-likeness (QED) is 0.678. The highest BCUT2D eigenvalue weighted by Crippen LogP contribution is 2.16. The largest absolute Gasteiger partial charge is 0.389 e. The molecule has 0 spiro atoms. The van der Waals surface area contributed by atoms with Crippen LogP contribution in [-0.2, 0) is 9.47 Å². The summed E-state index contributed by atoms with van der Waals surface area (Å²) in [4.78, 5) is 23.1. The van der Waals surface area contributed by atoms with Crippen molar-refractivity contribution in [1.29, 1.82) is 0 Å². The molecule has 2 aliphatic rings. The second kappa shape index (κ2) is 4.18. The van der Waals surface area contributed by atoms with Gasteiger partial charge in [-0.3, -0.25) is 0 Å². The molecular formula is C12H10O4. The van der Waals surface area contributed by atoms with E-state index in [4.69, 9.17) is 9.47 Å². The summed E-state index contributed by atoms with van der Waals surface area (Å²) in [5.74, 6) is -1.11. The minimum absolute atomic E-state index is 0.0556. The number of carbonyl (C=O) groups is 2. The fourth-order valence-electron chi connectivity index (χ4n) is 1.31. The Labute approximate surface area is 92.5 Å². The molecule has 0 unspecified atom stereocenters. The molecule has 2 bridgehead atoms. The molecule has 0 atom stereocenters. The summed E-state index contributed by atoms with van der Waals surface area (Å²) in [5.41, 5.74) is 0.785. The molecular weight excluding hydrogens is 208 g/mol. The molecule has 0 radical (unpaired) electrons. The van der Waals surface area contributed by atoms with Crippen molar-refractivity contribution >= 4 is 11.9 Å². The van der Waals surface area contributed by atoms with Crippen LogP contribution < -0.4 is 0 Å². The Morgan fingerprint density at radius 1 is 1.00 bits per heavy atom. The zero-order valence-electron chi connectivity index (χ0n) is 8.73. The molecule has 0 saturated carbocycles. The van der Waals surface area contributed by atoms with Gasteiger partial charge in [0, 0.05) is 0 Å². The van der Waals surface area contributed by atoms with E-state index >= 15 is 0 Å². The van der Waals surface area contributed by atoms with Gasteiger partial charge in [-0.15, -0.1) is 0 Å². The normalized spacial score (nSPS) is 14.7. The molecule has 0 aliphatic carbocycles. The third kappa shape index (κ3) is 1.95. The standard InChI is InChI=1S/C12H10O4/c1-2-3-10-15-11(13)8-4-5-9(7-6-8)12(14)16-10/h3-7H,2H2,1H3. The first-order valence-electron chi connectivity index (χ1n) is 4.95. The summed E-state index contributed by atoms with van der Waals surface area (Å²) in [6, 6.07) is 6.14. The van der Waals surface area contributed by atoms with E-state index in [2.05, 4.69) is 0 Å². The number of esters is 2. The summed E-state index contributed by atoms with van der Waals surface area (Å²) in [7, 11) is 0. The highest BCUT2D eigenvalue weighted by Gasteiger charge is 2.19. The van der Waals surface area contributed by atoms with Crippen molar-refractivity contribution < 1.29 is 19.1 Å². The molecule has 2 aliphatic heterocycles. The maximum absolute atomic E-state index is 11.6. The lowest BCUT2D eigenvalue weighted by molar-refractivity contribution is 0.0237. The van der Waals surface area contributed by atoms with Crippen LogP contribution in [0, 0.1) is 0 Å². The molecule has 0 saturated heterocycles. The van der Waals surface area contributed by atoms with E-state index in [1.54, 1.807) is 6.08 Å². The van der Waals surface area contributed by atoms with Crippen molar-refractivity contribution in [3.8, 4) is 0 Å². The van der Waals surface area contributed by atoms with Crippen LogP contribution in [0.2, 0.25) is 0 Å². The van der Waals surface area contributed by atoms with Gasteiger partial charge in [-0.05, 0) is 36.8 Å². The van der Waals surface area contributed by atoms with Gasteiger partial charge in [0.25, 0.3) is 5.95 Å². The molecule has 16 heavy (non-hydrogen) atoms. The lowest BCUT2D eigenvalue weighted by Gasteiger charge is -2.05. The van der Waals surface area contributed by atoms with Gasteiger partial charge in [0.05, 0.1) is 11.1 Å². The van der Waals surface area contributed by atoms with Crippen LogP contribution in [0.4, 0.5) is 0 Å². The molecule has 0 N–H and O–H groups in total. The van der Waals surface area contributed by atoms with Gasteiger partial charge in [0.15, 0.2) is 0 Å². The minimum atomic E-state index is -0.527. The summed E-state index contributed by atoms with van der Waals surface area (Å²) in [6.45, 7) is 1.85. The fraction of sp³-hybridized carbons (Fsp3) is 0.167. The number of hydrogen-bond donors (Lipinski definition) is 0. The van der Waals surface area contributed by atoms with E-state index in [0.717, 1.165) is 0 Å². The zero-order valence-corrected chi connectivity index (χ0v) is 8.73. The van der Waals surface area contributed by atoms with Gasteiger partial charge < -0.3 is 9.47 Å². The highest BCUT2D eigenvalue weighted by molar-refractivity contribution is 5.95. The van der Waals surface area contributed by atoms with Crippen LogP contribution in [0.1, 0.15) is 34.1 Å². The molecule has 0 amide bonds. The summed E-state index contributed by atoms with van der Waals surface area (Å²) < 4.78 is 9.88. The smallest absolute Gasteiger partial charge is 0.345 e. The molecule has 3 rings (SSSR count). The monoisotopic (exact) mass is 218 g/mol. The van der Waals surface area contributed by atoms with Gasteiger partial charge in [0.1, 0.15) is 0 Å². The maximum Gasteiger partial charge on any atom is 0.345 e. The first-order chi connectivity index (χ1) is 7.70. The van der Waals surface area contributed by atoms with E-state index in [0.29, 0.717) is 17.5 Å². The van der Waals surface area contributed by atoms with Gasteiger partial charge in [-0.2, -0.15) is 0 Å². The summed E-state index contributed by atoms with van der Waals surface area (Å²) in [5, 5.41) is 0. The van der Waals surface area contributed by atoms with Crippen molar-refractivity contribution in [2.75, 3.05) is 0 Å². The third-order valence-electron chi connectivity index (χ3n) is 2.11. The number of hydrogen-bond acceptors (Lipinski definition) is 4. The van der Waals surface area contributed by atoms with E-state index < -0.39 is 11.9 Å². The molecule has 82 valence electrons. The first kappa shape index (κ1) is 10.4. The molecule has 4 heteroatoms. The Bertz CT molecular complexity index is 417. The maximum atomic E-state index is 11.6. The van der Waals surface area contributed by atoms with Crippen LogP contribution in [0.3, 0.4) is 0 Å². The minimum Gasteiger partial charge on any atom is -0.389 e. The van der Waals surface area contributed by atoms with Gasteiger partial charge in [0.2, 0.25) is 0 Å². The average Bonchev–Trinajstić information content (AvgIpc) is 2.36. The van der Waals surface area contributed by atoms with Crippen LogP contribution in [0.15, 0.2) is 36.3 Å². The molecule has 4 nitrogen and oxygen atoms in total. The van der Waals surface area contributed by atoms with Crippen LogP contribution >= 0.6 is 0 Å². The number of fused-ring (bicyclic) bond motifs is 6. The Morgan fingerprint density at radius 2 is 1.44 bits per heavy atom. The van der Waals surface area contributed by atoms with Crippen molar-refractivity contribution in [1.82, 2.24) is 0 Å². The SMILES string of the molecule is CCC=C1OC(=O)c2ccc(cc2)C(=O)O1. The number of ether oxygens (including phenoxy) is 2. The van der Waals surface area contributed by atoms with E-state index in [9.17, 15) is 9.59 Å². The van der Waals surface area contributed by atoms with Crippen molar-refractivity contribution in [3.05, 3.63) is 47.4 Å². The number of rotatable bonds is 1. The zero-order chi connectivity index (χ0) is 11.5. The third-order valence-corrected chi connectivity index (χ3v) is 2.11. The molecule has 0 aromatic heterocycles. The van der Waals surface area contributed by atoms with Crippen LogP contribution in [-0.4, -0.2) is 11.9 Å². The number of allylic oxidation sites excluding steroid dienone is 1. The molecule has 2 heterocycles. The van der Waals surface area contributed by atoms with Crippen molar-refractivity contribution in [3.63, 3.8) is 0 Å². The van der Waals surface area contributed by atoms with Gasteiger partial charge in [-0.25, -0.2) is 9.59 Å². The van der Waals surface area contributed by atoms with E-state index in [-0.39, 0.29) is 5.95 Å². The van der Waals surface area contributed by atoms with E-state index in [1.807, 2.05) is 6.92 Å². The predicted molar refractivity (Wildman–Crippen MR) is 55.6 cm³/mol. The topological polar surface area (TPSA) is 52.6 Å². The second-order valence-electron chi connectivity index (χ2n) is 3.29. The summed E-state index contributed by atoms with van der Waals surface area (Å²) >= 11 is 0. The number of benzene rings is 1. The van der Waals surface area contributed by atoms with Crippen LogP contribution in [0.5, 0.6) is 0 Å². The lowest BCUT2D eigenvalue weighted by Crippen LogP contribution is -2.08. The molecule has 1 aromatic rings. The number of carbonyl (C=O) groups excluding carboxylic acids is 2. The lowest BCUT2D eigenvalue weighted by atomic mass is 10.1. The molecule has 0 fully saturated rings. The van der Waals surface area contributed by atoms with E-state index in [1.165, 1.54) is 24.3 Å². The van der Waals surface area contributed by atoms with Crippen molar-refractivity contribution in [2.45, 2.75) is 13.3 Å². The Morgan fingerprint density at radius 3 is 1.81 bits per heavy atom. The highest BCUT2D eigenvalue weighted by atomic mass is 16.7. The average molecular weight is 218 g/mol. The first-order valence-corrected chi connectivity index (χ1v) is 4.95. The predicted octanol–water partition coefficient (Wildman–Crippen LogP) is 2.27. The Hall–Kier alpha value is -2.10. The van der Waals surface area contributed by atoms with Crippen molar-refractivity contribution in [2.24, 2.45) is 0 Å². The van der Waals surface area contributed by atoms with Gasteiger partial charge in [-0.1, -0.05) is 6.92 Å². The second-order valence-corrected chi connectivity index (χ2v) is 3.29. The fourth-order valence-corrected chi connectivity index (χ4v) is 1.31. The van der Waals surface area contributed by atoms with Crippen LogP contribution in [0.25, 0.3) is 0 Å².